The summed E-state index contributed by atoms with van der Waals surface area (Å²) in [6.07, 6.45) is 5.36. The molecule has 0 spiro atoms. The van der Waals surface area contributed by atoms with Crippen molar-refractivity contribution in [2.75, 3.05) is 13.6 Å². The summed E-state index contributed by atoms with van der Waals surface area (Å²) in [6, 6.07) is 5.89. The Labute approximate surface area is 114 Å². The van der Waals surface area contributed by atoms with Crippen LogP contribution in [0, 0.1) is 5.92 Å². The molecule has 17 heavy (non-hydrogen) atoms. The zero-order chi connectivity index (χ0) is 12.3. The van der Waals surface area contributed by atoms with Crippen LogP contribution < -0.4 is 5.32 Å². The van der Waals surface area contributed by atoms with Crippen LogP contribution in [0.4, 0.5) is 0 Å². The van der Waals surface area contributed by atoms with Crippen molar-refractivity contribution < 1.29 is 0 Å². The fourth-order valence-corrected chi connectivity index (χ4v) is 3.46. The second kappa shape index (κ2) is 6.08. The molecule has 0 amide bonds. The minimum absolute atomic E-state index is 0.521. The Morgan fingerprint density at radius 2 is 2.00 bits per heavy atom. The monoisotopic (exact) mass is 271 g/mol. The molecule has 0 radical (unpaired) electrons. The molecule has 1 aromatic rings. The summed E-state index contributed by atoms with van der Waals surface area (Å²) in [5.74, 6) is 1.29. The van der Waals surface area contributed by atoms with Crippen molar-refractivity contribution in [1.82, 2.24) is 5.32 Å². The SMILES string of the molecule is CNCC(c1ccc(Cl)cc1Cl)C1CCCC1. The van der Waals surface area contributed by atoms with Gasteiger partial charge in [-0.2, -0.15) is 0 Å². The highest BCUT2D eigenvalue weighted by atomic mass is 35.5. The lowest BCUT2D eigenvalue weighted by Crippen LogP contribution is -2.23. The molecule has 0 heterocycles. The van der Waals surface area contributed by atoms with E-state index in [0.29, 0.717) is 10.9 Å². The van der Waals surface area contributed by atoms with Crippen LogP contribution in [0.1, 0.15) is 37.2 Å². The minimum atomic E-state index is 0.521. The Kier molecular flexibility index (Phi) is 4.72. The molecule has 1 aromatic carbocycles. The average molecular weight is 272 g/mol. The molecule has 1 saturated carbocycles. The molecular weight excluding hydrogens is 253 g/mol. The molecule has 94 valence electrons. The summed E-state index contributed by atoms with van der Waals surface area (Å²) >= 11 is 12.3. The van der Waals surface area contributed by atoms with Gasteiger partial charge in [0.1, 0.15) is 0 Å². The molecular formula is C14H19Cl2N. The van der Waals surface area contributed by atoms with Crippen molar-refractivity contribution in [1.29, 1.82) is 0 Å². The maximum Gasteiger partial charge on any atom is 0.0456 e. The van der Waals surface area contributed by atoms with Crippen LogP contribution in [-0.2, 0) is 0 Å². The van der Waals surface area contributed by atoms with Gasteiger partial charge < -0.3 is 5.32 Å². The third-order valence-corrected chi connectivity index (χ3v) is 4.32. The van der Waals surface area contributed by atoms with Crippen LogP contribution in [0.2, 0.25) is 10.0 Å². The summed E-state index contributed by atoms with van der Waals surface area (Å²) in [4.78, 5) is 0. The molecule has 0 aromatic heterocycles. The molecule has 3 heteroatoms. The minimum Gasteiger partial charge on any atom is -0.319 e. The number of likely N-dealkylation sites (N-methyl/N-ethyl adjacent to an activating group) is 1. The molecule has 2 rings (SSSR count). The van der Waals surface area contributed by atoms with Crippen LogP contribution in [0.3, 0.4) is 0 Å². The molecule has 1 N–H and O–H groups in total. The lowest BCUT2D eigenvalue weighted by atomic mass is 9.85. The predicted molar refractivity (Wildman–Crippen MR) is 75.1 cm³/mol. The van der Waals surface area contributed by atoms with E-state index in [1.165, 1.54) is 31.2 Å². The first kappa shape index (κ1) is 13.2. The molecule has 1 aliphatic carbocycles. The first-order valence-corrected chi connectivity index (χ1v) is 7.07. The average Bonchev–Trinajstić information content (AvgIpc) is 2.80. The van der Waals surface area contributed by atoms with E-state index in [-0.39, 0.29) is 0 Å². The molecule has 1 fully saturated rings. The van der Waals surface area contributed by atoms with Crippen molar-refractivity contribution in [3.63, 3.8) is 0 Å². The number of hydrogen-bond donors (Lipinski definition) is 1. The van der Waals surface area contributed by atoms with E-state index in [0.717, 1.165) is 17.5 Å². The third-order valence-electron chi connectivity index (χ3n) is 3.75. The fraction of sp³-hybridized carbons (Fsp3) is 0.571. The van der Waals surface area contributed by atoms with Crippen molar-refractivity contribution in [2.24, 2.45) is 5.92 Å². The van der Waals surface area contributed by atoms with E-state index >= 15 is 0 Å². The standard InChI is InChI=1S/C14H19Cl2N/c1-17-9-13(10-4-2-3-5-10)12-7-6-11(15)8-14(12)16/h6-8,10,13,17H,2-5,9H2,1H3. The number of halogens is 2. The number of nitrogens with one attached hydrogen (secondary N) is 1. The highest BCUT2D eigenvalue weighted by Gasteiger charge is 2.27. The number of benzene rings is 1. The fourth-order valence-electron chi connectivity index (χ4n) is 2.91. The summed E-state index contributed by atoms with van der Waals surface area (Å²) in [5, 5.41) is 4.82. The van der Waals surface area contributed by atoms with Crippen molar-refractivity contribution in [3.05, 3.63) is 33.8 Å². The van der Waals surface area contributed by atoms with Crippen LogP contribution >= 0.6 is 23.2 Å². The highest BCUT2D eigenvalue weighted by molar-refractivity contribution is 6.35. The van der Waals surface area contributed by atoms with Crippen LogP contribution in [0.25, 0.3) is 0 Å². The van der Waals surface area contributed by atoms with Crippen LogP contribution in [0.15, 0.2) is 18.2 Å². The molecule has 1 unspecified atom stereocenters. The van der Waals surface area contributed by atoms with Gasteiger partial charge in [-0.3, -0.25) is 0 Å². The van der Waals surface area contributed by atoms with Gasteiger partial charge in [-0.05, 0) is 43.5 Å². The molecule has 1 atom stereocenters. The lowest BCUT2D eigenvalue weighted by Gasteiger charge is -2.24. The van der Waals surface area contributed by atoms with Gasteiger partial charge >= 0.3 is 0 Å². The molecule has 0 saturated heterocycles. The highest BCUT2D eigenvalue weighted by Crippen LogP contribution is 2.39. The zero-order valence-corrected chi connectivity index (χ0v) is 11.7. The molecule has 0 aliphatic heterocycles. The topological polar surface area (TPSA) is 12.0 Å². The van der Waals surface area contributed by atoms with Gasteiger partial charge in [0.2, 0.25) is 0 Å². The van der Waals surface area contributed by atoms with Gasteiger partial charge in [-0.25, -0.2) is 0 Å². The first-order chi connectivity index (χ1) is 8.22. The van der Waals surface area contributed by atoms with E-state index in [1.54, 1.807) is 0 Å². The zero-order valence-electron chi connectivity index (χ0n) is 10.2. The summed E-state index contributed by atoms with van der Waals surface area (Å²) in [6.45, 7) is 0.992. The van der Waals surface area contributed by atoms with E-state index in [4.69, 9.17) is 23.2 Å². The smallest absolute Gasteiger partial charge is 0.0456 e. The largest absolute Gasteiger partial charge is 0.319 e. The normalized spacial score (nSPS) is 18.5. The van der Waals surface area contributed by atoms with E-state index in [2.05, 4.69) is 11.4 Å². The van der Waals surface area contributed by atoms with Crippen LogP contribution in [-0.4, -0.2) is 13.6 Å². The van der Waals surface area contributed by atoms with Gasteiger partial charge in [0, 0.05) is 22.5 Å². The molecule has 0 bridgehead atoms. The van der Waals surface area contributed by atoms with Crippen molar-refractivity contribution in [2.45, 2.75) is 31.6 Å². The summed E-state index contributed by atoms with van der Waals surface area (Å²) in [5.41, 5.74) is 1.25. The Balaban J connectivity index is 2.24. The summed E-state index contributed by atoms with van der Waals surface area (Å²) in [7, 11) is 2.01. The molecule has 1 nitrogen and oxygen atoms in total. The van der Waals surface area contributed by atoms with Gasteiger partial charge in [-0.1, -0.05) is 42.1 Å². The van der Waals surface area contributed by atoms with Crippen molar-refractivity contribution >= 4 is 23.2 Å². The van der Waals surface area contributed by atoms with Gasteiger partial charge in [0.25, 0.3) is 0 Å². The Morgan fingerprint density at radius 3 is 2.59 bits per heavy atom. The van der Waals surface area contributed by atoms with E-state index in [1.807, 2.05) is 19.2 Å². The molecule has 1 aliphatic rings. The number of hydrogen-bond acceptors (Lipinski definition) is 1. The Bertz CT molecular complexity index is 372. The predicted octanol–water partition coefficient (Wildman–Crippen LogP) is 4.49. The van der Waals surface area contributed by atoms with E-state index in [9.17, 15) is 0 Å². The quantitative estimate of drug-likeness (QED) is 0.851. The van der Waals surface area contributed by atoms with Crippen molar-refractivity contribution in [3.8, 4) is 0 Å². The van der Waals surface area contributed by atoms with Gasteiger partial charge in [0.15, 0.2) is 0 Å². The second-order valence-corrected chi connectivity index (χ2v) is 5.72. The summed E-state index contributed by atoms with van der Waals surface area (Å²) < 4.78 is 0. The Hall–Kier alpha value is -0.240. The first-order valence-electron chi connectivity index (χ1n) is 6.32. The van der Waals surface area contributed by atoms with Crippen LogP contribution in [0.5, 0.6) is 0 Å². The second-order valence-electron chi connectivity index (χ2n) is 4.87. The number of rotatable bonds is 4. The third kappa shape index (κ3) is 3.15. The maximum atomic E-state index is 6.33. The van der Waals surface area contributed by atoms with Gasteiger partial charge in [-0.15, -0.1) is 0 Å². The van der Waals surface area contributed by atoms with E-state index < -0.39 is 0 Å². The van der Waals surface area contributed by atoms with Gasteiger partial charge in [0.05, 0.1) is 0 Å². The lowest BCUT2D eigenvalue weighted by molar-refractivity contribution is 0.421. The Morgan fingerprint density at radius 1 is 1.29 bits per heavy atom. The maximum absolute atomic E-state index is 6.33.